The molecule has 23 heavy (non-hydrogen) atoms. The number of rotatable bonds is 6. The van der Waals surface area contributed by atoms with Crippen LogP contribution in [0.3, 0.4) is 0 Å². The number of hydrogen-bond donors (Lipinski definition) is 0. The van der Waals surface area contributed by atoms with Crippen LogP contribution in [-0.2, 0) is 6.42 Å². The number of benzene rings is 2. The quantitative estimate of drug-likeness (QED) is 0.585. The topological polar surface area (TPSA) is 24.8 Å². The minimum Gasteiger partial charge on any atom is -0.497 e. The first kappa shape index (κ1) is 17.0. The molecule has 0 aliphatic heterocycles. The van der Waals surface area contributed by atoms with Crippen LogP contribution in [0.2, 0.25) is 0 Å². The summed E-state index contributed by atoms with van der Waals surface area (Å²) in [6.07, 6.45) is 2.32. The van der Waals surface area contributed by atoms with E-state index in [1.165, 1.54) is 6.07 Å². The minimum atomic E-state index is -0.189. The van der Waals surface area contributed by atoms with Gasteiger partial charge in [0, 0.05) is 26.1 Å². The van der Waals surface area contributed by atoms with Crippen LogP contribution in [0.1, 0.15) is 23.6 Å². The molecule has 4 heteroatoms. The minimum absolute atomic E-state index is 0.189. The monoisotopic (exact) mass is 314 g/mol. The van der Waals surface area contributed by atoms with Crippen molar-refractivity contribution in [2.75, 3.05) is 20.7 Å². The van der Waals surface area contributed by atoms with Gasteiger partial charge in [-0.3, -0.25) is 0 Å². The van der Waals surface area contributed by atoms with Gasteiger partial charge < -0.3 is 9.64 Å². The first-order valence-electron chi connectivity index (χ1n) is 7.70. The molecule has 0 saturated carbocycles. The van der Waals surface area contributed by atoms with E-state index in [1.54, 1.807) is 19.5 Å². The van der Waals surface area contributed by atoms with E-state index in [0.29, 0.717) is 12.0 Å². The highest BCUT2D eigenvalue weighted by Crippen LogP contribution is 2.30. The van der Waals surface area contributed by atoms with Gasteiger partial charge in [0.15, 0.2) is 0 Å². The number of halogens is 1. The summed E-state index contributed by atoms with van der Waals surface area (Å²) in [5, 5.41) is 0. The molecule has 3 nitrogen and oxygen atoms in total. The highest BCUT2D eigenvalue weighted by atomic mass is 19.1. The van der Waals surface area contributed by atoms with Gasteiger partial charge in [-0.1, -0.05) is 18.2 Å². The predicted molar refractivity (Wildman–Crippen MR) is 93.4 cm³/mol. The van der Waals surface area contributed by atoms with Gasteiger partial charge in [-0.05, 0) is 42.7 Å². The summed E-state index contributed by atoms with van der Waals surface area (Å²) in [4.78, 5) is 6.53. The van der Waals surface area contributed by atoms with E-state index < -0.39 is 0 Å². The molecule has 0 aromatic heterocycles. The van der Waals surface area contributed by atoms with Crippen molar-refractivity contribution in [3.05, 3.63) is 58.9 Å². The van der Waals surface area contributed by atoms with Gasteiger partial charge in [0.25, 0.3) is 0 Å². The van der Waals surface area contributed by atoms with Crippen molar-refractivity contribution in [1.29, 1.82) is 0 Å². The van der Waals surface area contributed by atoms with Gasteiger partial charge in [-0.2, -0.15) is 0 Å². The van der Waals surface area contributed by atoms with Crippen molar-refractivity contribution in [1.82, 2.24) is 4.90 Å². The summed E-state index contributed by atoms with van der Waals surface area (Å²) >= 11 is 0. The normalized spacial score (nSPS) is 11.0. The molecule has 0 aliphatic carbocycles. The third-order valence-corrected chi connectivity index (χ3v) is 3.93. The smallest absolute Gasteiger partial charge is 0.126 e. The van der Waals surface area contributed by atoms with E-state index in [1.807, 2.05) is 43.1 Å². The second kappa shape index (κ2) is 7.77. The van der Waals surface area contributed by atoms with Gasteiger partial charge in [0.2, 0.25) is 0 Å². The Bertz CT molecular complexity index is 698. The molecule has 0 spiro atoms. The van der Waals surface area contributed by atoms with Crippen LogP contribution in [0.4, 0.5) is 10.1 Å². The lowest BCUT2D eigenvalue weighted by Gasteiger charge is -2.13. The number of ether oxygens (including phenoxy) is 1. The number of hydrogen-bond acceptors (Lipinski definition) is 2. The molecular weight excluding hydrogens is 291 g/mol. The second-order valence-corrected chi connectivity index (χ2v) is 5.52. The van der Waals surface area contributed by atoms with Crippen molar-refractivity contribution in [3.8, 4) is 5.75 Å². The Morgan fingerprint density at radius 1 is 1.22 bits per heavy atom. The first-order valence-corrected chi connectivity index (χ1v) is 7.70. The molecule has 0 N–H and O–H groups in total. The fraction of sp³-hybridized carbons (Fsp3) is 0.316. The van der Waals surface area contributed by atoms with E-state index >= 15 is 0 Å². The Morgan fingerprint density at radius 2 is 1.96 bits per heavy atom. The summed E-state index contributed by atoms with van der Waals surface area (Å²) in [6, 6.07) is 10.7. The fourth-order valence-corrected chi connectivity index (χ4v) is 2.25. The summed E-state index contributed by atoms with van der Waals surface area (Å²) in [7, 11) is 3.60. The van der Waals surface area contributed by atoms with E-state index in [9.17, 15) is 4.39 Å². The van der Waals surface area contributed by atoms with Gasteiger partial charge in [-0.25, -0.2) is 9.38 Å². The summed E-state index contributed by atoms with van der Waals surface area (Å²) < 4.78 is 19.3. The zero-order chi connectivity index (χ0) is 16.8. The molecule has 0 aliphatic rings. The second-order valence-electron chi connectivity index (χ2n) is 5.52. The fourth-order valence-electron chi connectivity index (χ4n) is 2.25. The molecule has 2 rings (SSSR count). The maximum Gasteiger partial charge on any atom is 0.126 e. The standard InChI is InChI=1S/C19H23FN2O/c1-5-22(3)13-21-19-12-17(23-4)11-16(14(19)2)10-15-8-6-7-9-18(15)20/h6-9,11-13H,5,10H2,1-4H3/b21-13+. The van der Waals surface area contributed by atoms with Crippen LogP contribution < -0.4 is 4.74 Å². The highest BCUT2D eigenvalue weighted by molar-refractivity contribution is 5.65. The third-order valence-electron chi connectivity index (χ3n) is 3.93. The number of methoxy groups -OCH3 is 1. The first-order chi connectivity index (χ1) is 11.0. The van der Waals surface area contributed by atoms with Gasteiger partial charge in [-0.15, -0.1) is 0 Å². The largest absolute Gasteiger partial charge is 0.497 e. The SMILES string of the molecule is CCN(C)/C=N/c1cc(OC)cc(Cc2ccccc2F)c1C. The molecule has 122 valence electrons. The summed E-state index contributed by atoms with van der Waals surface area (Å²) in [6.45, 7) is 4.96. The highest BCUT2D eigenvalue weighted by Gasteiger charge is 2.10. The van der Waals surface area contributed by atoms with Crippen molar-refractivity contribution >= 4 is 12.0 Å². The number of nitrogens with zero attached hydrogens (tertiary/aromatic N) is 2. The van der Waals surface area contributed by atoms with Crippen molar-refractivity contribution in [2.45, 2.75) is 20.3 Å². The molecule has 0 amide bonds. The molecule has 0 radical (unpaired) electrons. The van der Waals surface area contributed by atoms with Crippen LogP contribution in [0.5, 0.6) is 5.75 Å². The van der Waals surface area contributed by atoms with E-state index in [4.69, 9.17) is 4.74 Å². The summed E-state index contributed by atoms with van der Waals surface area (Å²) in [5.41, 5.74) is 3.57. The Balaban J connectivity index is 2.39. The zero-order valence-corrected chi connectivity index (χ0v) is 14.1. The third kappa shape index (κ3) is 4.31. The summed E-state index contributed by atoms with van der Waals surface area (Å²) in [5.74, 6) is 0.540. The van der Waals surface area contributed by atoms with E-state index in [0.717, 1.165) is 29.1 Å². The van der Waals surface area contributed by atoms with Gasteiger partial charge in [0.05, 0.1) is 19.1 Å². The number of aliphatic imine (C=N–C) groups is 1. The van der Waals surface area contributed by atoms with Crippen molar-refractivity contribution < 1.29 is 9.13 Å². The molecule has 0 unspecified atom stereocenters. The molecule has 0 fully saturated rings. The van der Waals surface area contributed by atoms with E-state index in [2.05, 4.69) is 11.9 Å². The molecule has 0 atom stereocenters. The molecule has 2 aromatic carbocycles. The molecule has 0 heterocycles. The Labute approximate surface area is 137 Å². The Kier molecular flexibility index (Phi) is 5.74. The van der Waals surface area contributed by atoms with E-state index in [-0.39, 0.29) is 5.82 Å². The van der Waals surface area contributed by atoms with Gasteiger partial charge >= 0.3 is 0 Å². The lowest BCUT2D eigenvalue weighted by molar-refractivity contribution is 0.414. The zero-order valence-electron chi connectivity index (χ0n) is 14.1. The maximum atomic E-state index is 13.9. The molecule has 0 saturated heterocycles. The molecule has 0 bridgehead atoms. The molecule has 2 aromatic rings. The van der Waals surface area contributed by atoms with Crippen LogP contribution >= 0.6 is 0 Å². The van der Waals surface area contributed by atoms with Crippen molar-refractivity contribution in [2.24, 2.45) is 4.99 Å². The Hall–Kier alpha value is -2.36. The van der Waals surface area contributed by atoms with Crippen LogP contribution in [0.15, 0.2) is 41.4 Å². The average molecular weight is 314 g/mol. The lowest BCUT2D eigenvalue weighted by Crippen LogP contribution is -2.14. The predicted octanol–water partition coefficient (Wildman–Crippen LogP) is 4.35. The van der Waals surface area contributed by atoms with Crippen molar-refractivity contribution in [3.63, 3.8) is 0 Å². The molecular formula is C19H23FN2O. The lowest BCUT2D eigenvalue weighted by atomic mass is 9.98. The van der Waals surface area contributed by atoms with Crippen LogP contribution in [-0.4, -0.2) is 31.9 Å². The average Bonchev–Trinajstić information content (AvgIpc) is 2.57. The maximum absolute atomic E-state index is 13.9. The van der Waals surface area contributed by atoms with Gasteiger partial charge in [0.1, 0.15) is 11.6 Å². The van der Waals surface area contributed by atoms with Crippen LogP contribution in [0.25, 0.3) is 0 Å². The Morgan fingerprint density at radius 3 is 2.61 bits per heavy atom. The van der Waals surface area contributed by atoms with Crippen LogP contribution in [0, 0.1) is 12.7 Å².